The van der Waals surface area contributed by atoms with Gasteiger partial charge < -0.3 is 15.8 Å². The molecule has 0 aliphatic rings. The number of ether oxygens (including phenoxy) is 1. The van der Waals surface area contributed by atoms with E-state index in [9.17, 15) is 9.59 Å². The monoisotopic (exact) mass is 332 g/mol. The standard InChI is InChI=1S/C14H20N2O3S.ClH/c1-9-4-5-10(8-11(9)14(18)19-2)16-13(17)12(15)6-7-20-3;/h4-5,8,12H,6-7,15H2,1-3H3,(H,16,17);1H/t12-;/m0./s1. The molecule has 7 heteroatoms. The molecule has 1 rings (SSSR count). The van der Waals surface area contributed by atoms with Crippen molar-refractivity contribution in [3.8, 4) is 0 Å². The van der Waals surface area contributed by atoms with Crippen LogP contribution in [0.2, 0.25) is 0 Å². The Morgan fingerprint density at radius 3 is 2.67 bits per heavy atom. The second-order valence-electron chi connectivity index (χ2n) is 4.40. The van der Waals surface area contributed by atoms with E-state index in [-0.39, 0.29) is 18.3 Å². The lowest BCUT2D eigenvalue weighted by atomic mass is 10.1. The van der Waals surface area contributed by atoms with E-state index in [1.807, 2.05) is 13.2 Å². The van der Waals surface area contributed by atoms with Crippen LogP contribution in [0.4, 0.5) is 5.69 Å². The van der Waals surface area contributed by atoms with Gasteiger partial charge in [0.05, 0.1) is 18.7 Å². The summed E-state index contributed by atoms with van der Waals surface area (Å²) in [5, 5.41) is 2.72. The molecule has 0 fully saturated rings. The van der Waals surface area contributed by atoms with Crippen LogP contribution in [0, 0.1) is 6.92 Å². The summed E-state index contributed by atoms with van der Waals surface area (Å²) in [4.78, 5) is 23.5. The van der Waals surface area contributed by atoms with Crippen LogP contribution < -0.4 is 11.1 Å². The van der Waals surface area contributed by atoms with Crippen molar-refractivity contribution in [2.24, 2.45) is 5.73 Å². The molecular weight excluding hydrogens is 312 g/mol. The maximum Gasteiger partial charge on any atom is 0.338 e. The number of carbonyl (C=O) groups excluding carboxylic acids is 2. The molecule has 3 N–H and O–H groups in total. The molecule has 21 heavy (non-hydrogen) atoms. The van der Waals surface area contributed by atoms with E-state index in [0.29, 0.717) is 17.7 Å². The molecule has 0 spiro atoms. The Morgan fingerprint density at radius 2 is 2.10 bits per heavy atom. The number of carbonyl (C=O) groups is 2. The lowest BCUT2D eigenvalue weighted by Gasteiger charge is -2.13. The lowest BCUT2D eigenvalue weighted by Crippen LogP contribution is -2.36. The second kappa shape index (κ2) is 9.65. The van der Waals surface area contributed by atoms with Crippen LogP contribution in [0.5, 0.6) is 0 Å². The number of benzene rings is 1. The summed E-state index contributed by atoms with van der Waals surface area (Å²) >= 11 is 1.64. The number of rotatable bonds is 6. The van der Waals surface area contributed by atoms with E-state index in [1.165, 1.54) is 7.11 Å². The van der Waals surface area contributed by atoms with E-state index < -0.39 is 12.0 Å². The van der Waals surface area contributed by atoms with E-state index >= 15 is 0 Å². The molecule has 0 bridgehead atoms. The number of hydrogen-bond acceptors (Lipinski definition) is 5. The summed E-state index contributed by atoms with van der Waals surface area (Å²) < 4.78 is 4.70. The molecule has 1 aromatic carbocycles. The number of nitrogens with two attached hydrogens (primary N) is 1. The van der Waals surface area contributed by atoms with E-state index in [1.54, 1.807) is 30.0 Å². The highest BCUT2D eigenvalue weighted by atomic mass is 35.5. The van der Waals surface area contributed by atoms with E-state index in [0.717, 1.165) is 11.3 Å². The number of thioether (sulfide) groups is 1. The van der Waals surface area contributed by atoms with Crippen LogP contribution in [0.1, 0.15) is 22.3 Å². The van der Waals surface area contributed by atoms with Gasteiger partial charge in [0.25, 0.3) is 0 Å². The maximum absolute atomic E-state index is 11.9. The molecule has 0 aromatic heterocycles. The highest BCUT2D eigenvalue weighted by molar-refractivity contribution is 7.98. The minimum absolute atomic E-state index is 0. The first-order chi connectivity index (χ1) is 9.49. The largest absolute Gasteiger partial charge is 0.465 e. The molecule has 1 amide bonds. The van der Waals surface area contributed by atoms with Crippen molar-refractivity contribution >= 4 is 41.7 Å². The fourth-order valence-electron chi connectivity index (χ4n) is 1.64. The average molecular weight is 333 g/mol. The molecule has 0 aliphatic carbocycles. The average Bonchev–Trinajstić information content (AvgIpc) is 2.45. The quantitative estimate of drug-likeness (QED) is 0.781. The Balaban J connectivity index is 0.00000400. The number of amides is 1. The van der Waals surface area contributed by atoms with Crippen molar-refractivity contribution in [3.05, 3.63) is 29.3 Å². The smallest absolute Gasteiger partial charge is 0.338 e. The highest BCUT2D eigenvalue weighted by Gasteiger charge is 2.15. The molecule has 0 saturated heterocycles. The molecule has 1 atom stereocenters. The van der Waals surface area contributed by atoms with Gasteiger partial charge in [0, 0.05) is 5.69 Å². The second-order valence-corrected chi connectivity index (χ2v) is 5.38. The number of methoxy groups -OCH3 is 1. The summed E-state index contributed by atoms with van der Waals surface area (Å²) in [6.07, 6.45) is 2.58. The van der Waals surface area contributed by atoms with Gasteiger partial charge in [-0.15, -0.1) is 12.4 Å². The molecule has 118 valence electrons. The third-order valence-corrected chi connectivity index (χ3v) is 3.52. The Bertz CT molecular complexity index is 497. The van der Waals surface area contributed by atoms with Crippen molar-refractivity contribution in [2.45, 2.75) is 19.4 Å². The van der Waals surface area contributed by atoms with Gasteiger partial charge in [0.15, 0.2) is 0 Å². The lowest BCUT2D eigenvalue weighted by molar-refractivity contribution is -0.117. The van der Waals surface area contributed by atoms with Gasteiger partial charge >= 0.3 is 5.97 Å². The Kier molecular flexibility index (Phi) is 9.08. The first-order valence-electron chi connectivity index (χ1n) is 6.24. The van der Waals surface area contributed by atoms with E-state index in [2.05, 4.69) is 5.32 Å². The Hall–Kier alpha value is -1.24. The van der Waals surface area contributed by atoms with Crippen LogP contribution in [0.3, 0.4) is 0 Å². The van der Waals surface area contributed by atoms with Gasteiger partial charge in [-0.1, -0.05) is 6.07 Å². The zero-order valence-electron chi connectivity index (χ0n) is 12.3. The Labute approximate surface area is 135 Å². The van der Waals surface area contributed by atoms with Crippen LogP contribution in [0.25, 0.3) is 0 Å². The third kappa shape index (κ3) is 5.95. The number of esters is 1. The molecule has 0 radical (unpaired) electrons. The van der Waals surface area contributed by atoms with Crippen LogP contribution in [0.15, 0.2) is 18.2 Å². The first kappa shape index (κ1) is 19.8. The van der Waals surface area contributed by atoms with Crippen LogP contribution >= 0.6 is 24.2 Å². The van der Waals surface area contributed by atoms with Gasteiger partial charge in [0.2, 0.25) is 5.91 Å². The summed E-state index contributed by atoms with van der Waals surface area (Å²) in [5.74, 6) is 0.152. The van der Waals surface area contributed by atoms with Crippen molar-refractivity contribution in [1.29, 1.82) is 0 Å². The van der Waals surface area contributed by atoms with Crippen molar-refractivity contribution < 1.29 is 14.3 Å². The van der Waals surface area contributed by atoms with Gasteiger partial charge in [0.1, 0.15) is 0 Å². The van der Waals surface area contributed by atoms with Crippen molar-refractivity contribution in [2.75, 3.05) is 24.4 Å². The van der Waals surface area contributed by atoms with Crippen molar-refractivity contribution in [3.63, 3.8) is 0 Å². The minimum atomic E-state index is -0.551. The predicted molar refractivity (Wildman–Crippen MR) is 89.4 cm³/mol. The zero-order valence-corrected chi connectivity index (χ0v) is 14.0. The predicted octanol–water partition coefficient (Wildman–Crippen LogP) is 2.22. The maximum atomic E-state index is 11.9. The molecule has 0 unspecified atom stereocenters. The molecule has 0 saturated carbocycles. The van der Waals surface area contributed by atoms with Gasteiger partial charge in [-0.2, -0.15) is 11.8 Å². The number of anilines is 1. The van der Waals surface area contributed by atoms with Gasteiger partial charge in [-0.25, -0.2) is 4.79 Å². The molecule has 1 aromatic rings. The normalized spacial score (nSPS) is 11.2. The fourth-order valence-corrected chi connectivity index (χ4v) is 2.13. The summed E-state index contributed by atoms with van der Waals surface area (Å²) in [6.45, 7) is 1.81. The van der Waals surface area contributed by atoms with Gasteiger partial charge in [-0.05, 0) is 43.0 Å². The first-order valence-corrected chi connectivity index (χ1v) is 7.63. The molecule has 0 heterocycles. The Morgan fingerprint density at radius 1 is 1.43 bits per heavy atom. The molecule has 0 aliphatic heterocycles. The van der Waals surface area contributed by atoms with Crippen molar-refractivity contribution in [1.82, 2.24) is 0 Å². The molecular formula is C14H21ClN2O3S. The summed E-state index contributed by atoms with van der Waals surface area (Å²) in [5.41, 5.74) is 7.56. The number of aryl methyl sites for hydroxylation is 1. The number of hydrogen-bond donors (Lipinski definition) is 2. The highest BCUT2D eigenvalue weighted by Crippen LogP contribution is 2.16. The third-order valence-electron chi connectivity index (χ3n) is 2.88. The summed E-state index contributed by atoms with van der Waals surface area (Å²) in [7, 11) is 1.32. The van der Waals surface area contributed by atoms with E-state index in [4.69, 9.17) is 10.5 Å². The SMILES string of the molecule is COC(=O)c1cc(NC(=O)[C@@H](N)CCSC)ccc1C.Cl. The van der Waals surface area contributed by atoms with Gasteiger partial charge in [-0.3, -0.25) is 4.79 Å². The zero-order chi connectivity index (χ0) is 15.1. The fraction of sp³-hybridized carbons (Fsp3) is 0.429. The molecule has 5 nitrogen and oxygen atoms in total. The van der Waals surface area contributed by atoms with Crippen LogP contribution in [-0.4, -0.2) is 37.0 Å². The van der Waals surface area contributed by atoms with Crippen LogP contribution in [-0.2, 0) is 9.53 Å². The minimum Gasteiger partial charge on any atom is -0.465 e. The number of halogens is 1. The summed E-state index contributed by atoms with van der Waals surface area (Å²) in [6, 6.07) is 4.54. The topological polar surface area (TPSA) is 81.4 Å². The number of nitrogens with one attached hydrogen (secondary N) is 1.